The Morgan fingerprint density at radius 1 is 1.39 bits per heavy atom. The molecule has 0 unspecified atom stereocenters. The van der Waals surface area contributed by atoms with E-state index in [2.05, 4.69) is 17.5 Å². The Labute approximate surface area is 108 Å². The topological polar surface area (TPSA) is 41.5 Å². The number of methoxy groups -OCH3 is 1. The maximum atomic E-state index is 9.18. The van der Waals surface area contributed by atoms with Gasteiger partial charge in [0.15, 0.2) is 0 Å². The zero-order valence-electron chi connectivity index (χ0n) is 10.9. The van der Waals surface area contributed by atoms with Crippen molar-refractivity contribution >= 4 is 6.08 Å². The standard InChI is InChI=1S/C15H21NO2/c1-18-14-7-3-2-5-13(14)6-4-10-16-11-15(12-17)8-9-15/h2-7,16-17H,8-12H2,1H3. The molecule has 98 valence electrons. The van der Waals surface area contributed by atoms with E-state index in [-0.39, 0.29) is 5.41 Å². The molecule has 0 atom stereocenters. The van der Waals surface area contributed by atoms with E-state index in [0.717, 1.165) is 37.2 Å². The van der Waals surface area contributed by atoms with Gasteiger partial charge in [-0.3, -0.25) is 0 Å². The van der Waals surface area contributed by atoms with Gasteiger partial charge in [-0.2, -0.15) is 0 Å². The predicted octanol–water partition coefficient (Wildman–Crippen LogP) is 2.07. The van der Waals surface area contributed by atoms with Gasteiger partial charge in [0, 0.05) is 30.7 Å². The Hall–Kier alpha value is -1.32. The first-order chi connectivity index (χ1) is 8.79. The summed E-state index contributed by atoms with van der Waals surface area (Å²) in [6, 6.07) is 7.95. The van der Waals surface area contributed by atoms with Gasteiger partial charge in [0.05, 0.1) is 7.11 Å². The third-order valence-corrected chi connectivity index (χ3v) is 3.49. The van der Waals surface area contributed by atoms with Crippen LogP contribution >= 0.6 is 0 Å². The largest absolute Gasteiger partial charge is 0.496 e. The molecule has 0 spiro atoms. The molecular formula is C15H21NO2. The highest BCUT2D eigenvalue weighted by Gasteiger charge is 2.41. The number of hydrogen-bond donors (Lipinski definition) is 2. The minimum atomic E-state index is 0.179. The third kappa shape index (κ3) is 3.34. The average Bonchev–Trinajstić information content (AvgIpc) is 3.19. The van der Waals surface area contributed by atoms with E-state index < -0.39 is 0 Å². The van der Waals surface area contributed by atoms with Crippen LogP contribution in [-0.4, -0.2) is 31.9 Å². The van der Waals surface area contributed by atoms with E-state index in [9.17, 15) is 5.11 Å². The van der Waals surface area contributed by atoms with Gasteiger partial charge in [-0.05, 0) is 18.9 Å². The van der Waals surface area contributed by atoms with E-state index in [1.54, 1.807) is 7.11 Å². The molecule has 0 aromatic heterocycles. The van der Waals surface area contributed by atoms with Crippen LogP contribution in [0.3, 0.4) is 0 Å². The number of nitrogens with one attached hydrogen (secondary N) is 1. The molecule has 1 aromatic carbocycles. The molecule has 2 rings (SSSR count). The van der Waals surface area contributed by atoms with Crippen molar-refractivity contribution in [1.29, 1.82) is 0 Å². The quantitative estimate of drug-likeness (QED) is 0.725. The summed E-state index contributed by atoms with van der Waals surface area (Å²) < 4.78 is 5.28. The van der Waals surface area contributed by atoms with Crippen molar-refractivity contribution in [3.8, 4) is 5.75 Å². The summed E-state index contributed by atoms with van der Waals surface area (Å²) >= 11 is 0. The molecule has 3 nitrogen and oxygen atoms in total. The molecule has 0 radical (unpaired) electrons. The molecule has 3 heteroatoms. The number of benzene rings is 1. The summed E-state index contributed by atoms with van der Waals surface area (Å²) in [5.74, 6) is 0.891. The van der Waals surface area contributed by atoms with Crippen LogP contribution in [0.2, 0.25) is 0 Å². The summed E-state index contributed by atoms with van der Waals surface area (Å²) in [5.41, 5.74) is 1.27. The molecule has 0 saturated heterocycles. The number of rotatable bonds is 7. The smallest absolute Gasteiger partial charge is 0.126 e. The average molecular weight is 247 g/mol. The highest BCUT2D eigenvalue weighted by atomic mass is 16.5. The summed E-state index contributed by atoms with van der Waals surface area (Å²) in [5, 5.41) is 12.5. The highest BCUT2D eigenvalue weighted by Crippen LogP contribution is 2.44. The maximum Gasteiger partial charge on any atom is 0.126 e. The second kappa shape index (κ2) is 6.03. The molecule has 1 aliphatic carbocycles. The first-order valence-electron chi connectivity index (χ1n) is 6.41. The fourth-order valence-corrected chi connectivity index (χ4v) is 1.98. The van der Waals surface area contributed by atoms with Crippen LogP contribution in [0.5, 0.6) is 5.75 Å². The lowest BCUT2D eigenvalue weighted by Crippen LogP contribution is -2.26. The van der Waals surface area contributed by atoms with Crippen molar-refractivity contribution in [2.24, 2.45) is 5.41 Å². The Morgan fingerprint density at radius 2 is 2.17 bits per heavy atom. The Morgan fingerprint density at radius 3 is 2.83 bits per heavy atom. The normalized spacial score (nSPS) is 17.0. The molecule has 18 heavy (non-hydrogen) atoms. The lowest BCUT2D eigenvalue weighted by Gasteiger charge is -2.11. The number of aliphatic hydroxyl groups is 1. The van der Waals surface area contributed by atoms with E-state index in [4.69, 9.17) is 4.74 Å². The van der Waals surface area contributed by atoms with Crippen LogP contribution in [0.1, 0.15) is 18.4 Å². The van der Waals surface area contributed by atoms with E-state index >= 15 is 0 Å². The molecule has 1 saturated carbocycles. The van der Waals surface area contributed by atoms with Crippen molar-refractivity contribution < 1.29 is 9.84 Å². The highest BCUT2D eigenvalue weighted by molar-refractivity contribution is 5.57. The second-order valence-electron chi connectivity index (χ2n) is 4.93. The van der Waals surface area contributed by atoms with Crippen LogP contribution in [0.4, 0.5) is 0 Å². The van der Waals surface area contributed by atoms with Crippen molar-refractivity contribution in [3.05, 3.63) is 35.9 Å². The number of aliphatic hydroxyl groups excluding tert-OH is 1. The summed E-state index contributed by atoms with van der Waals surface area (Å²) in [6.45, 7) is 2.02. The summed E-state index contributed by atoms with van der Waals surface area (Å²) in [7, 11) is 1.68. The number of para-hydroxylation sites is 1. The van der Waals surface area contributed by atoms with Crippen LogP contribution in [0.15, 0.2) is 30.3 Å². The molecule has 1 aliphatic rings. The number of hydrogen-bond acceptors (Lipinski definition) is 3. The third-order valence-electron chi connectivity index (χ3n) is 3.49. The van der Waals surface area contributed by atoms with Gasteiger partial charge in [0.1, 0.15) is 5.75 Å². The van der Waals surface area contributed by atoms with E-state index in [0.29, 0.717) is 6.61 Å². The van der Waals surface area contributed by atoms with E-state index in [1.165, 1.54) is 0 Å². The van der Waals surface area contributed by atoms with E-state index in [1.807, 2.05) is 24.3 Å². The van der Waals surface area contributed by atoms with Crippen molar-refractivity contribution in [1.82, 2.24) is 5.32 Å². The SMILES string of the molecule is COc1ccccc1C=CCNCC1(CO)CC1. The van der Waals surface area contributed by atoms with Gasteiger partial charge in [-0.15, -0.1) is 0 Å². The minimum Gasteiger partial charge on any atom is -0.496 e. The first kappa shape index (κ1) is 13.1. The van der Waals surface area contributed by atoms with Crippen LogP contribution in [-0.2, 0) is 0 Å². The molecule has 1 aromatic rings. The van der Waals surface area contributed by atoms with Crippen LogP contribution in [0, 0.1) is 5.41 Å². The van der Waals surface area contributed by atoms with Crippen LogP contribution in [0.25, 0.3) is 6.08 Å². The number of ether oxygens (including phenoxy) is 1. The van der Waals surface area contributed by atoms with Crippen molar-refractivity contribution in [2.45, 2.75) is 12.8 Å². The fraction of sp³-hybridized carbons (Fsp3) is 0.467. The van der Waals surface area contributed by atoms with Crippen molar-refractivity contribution in [2.75, 3.05) is 26.8 Å². The van der Waals surface area contributed by atoms with Gasteiger partial charge < -0.3 is 15.2 Å². The molecule has 0 bridgehead atoms. The van der Waals surface area contributed by atoms with Gasteiger partial charge in [-0.1, -0.05) is 30.4 Å². The monoisotopic (exact) mass is 247 g/mol. The summed E-state index contributed by atoms with van der Waals surface area (Å²) in [4.78, 5) is 0. The van der Waals surface area contributed by atoms with Gasteiger partial charge in [-0.25, -0.2) is 0 Å². The fourth-order valence-electron chi connectivity index (χ4n) is 1.98. The van der Waals surface area contributed by atoms with Gasteiger partial charge >= 0.3 is 0 Å². The van der Waals surface area contributed by atoms with Gasteiger partial charge in [0.25, 0.3) is 0 Å². The van der Waals surface area contributed by atoms with Crippen molar-refractivity contribution in [3.63, 3.8) is 0 Å². The predicted molar refractivity (Wildman–Crippen MR) is 73.7 cm³/mol. The zero-order chi connectivity index (χ0) is 12.8. The lowest BCUT2D eigenvalue weighted by molar-refractivity contribution is 0.209. The molecule has 0 aliphatic heterocycles. The Kier molecular flexibility index (Phi) is 4.39. The van der Waals surface area contributed by atoms with Crippen LogP contribution < -0.4 is 10.1 Å². The lowest BCUT2D eigenvalue weighted by atomic mass is 10.1. The molecule has 1 fully saturated rings. The van der Waals surface area contributed by atoms with Gasteiger partial charge in [0.2, 0.25) is 0 Å². The maximum absolute atomic E-state index is 9.18. The molecule has 0 heterocycles. The molecular weight excluding hydrogens is 226 g/mol. The second-order valence-corrected chi connectivity index (χ2v) is 4.93. The molecule has 2 N–H and O–H groups in total. The first-order valence-corrected chi connectivity index (χ1v) is 6.41. The zero-order valence-corrected chi connectivity index (χ0v) is 10.9. The Balaban J connectivity index is 1.77. The molecule has 0 amide bonds. The Bertz CT molecular complexity index is 411. The summed E-state index contributed by atoms with van der Waals surface area (Å²) in [6.07, 6.45) is 6.44. The minimum absolute atomic E-state index is 0.179.